The average Bonchev–Trinajstić information content (AvgIpc) is 2.79. The molecule has 0 aromatic heterocycles. The van der Waals surface area contributed by atoms with E-state index in [1.807, 2.05) is 6.92 Å². The number of ether oxygens (including phenoxy) is 1. The molecule has 1 fully saturated rings. The summed E-state index contributed by atoms with van der Waals surface area (Å²) < 4.78 is 18.1. The predicted molar refractivity (Wildman–Crippen MR) is 77.5 cm³/mol. The fraction of sp³-hybridized carbons (Fsp3) is 0.500. The van der Waals surface area contributed by atoms with Crippen molar-refractivity contribution in [3.05, 3.63) is 30.1 Å². The summed E-state index contributed by atoms with van der Waals surface area (Å²) >= 11 is 0. The number of halogens is 2. The average molecular weight is 303 g/mol. The topological polar surface area (TPSA) is 55.6 Å². The summed E-state index contributed by atoms with van der Waals surface area (Å²) in [6.45, 7) is 3.30. The molecule has 4 nitrogen and oxygen atoms in total. The van der Waals surface area contributed by atoms with Gasteiger partial charge in [-0.15, -0.1) is 12.4 Å². The van der Waals surface area contributed by atoms with Crippen molar-refractivity contribution in [2.24, 2.45) is 11.7 Å². The molecule has 1 saturated heterocycles. The molecule has 1 aliphatic rings. The zero-order valence-corrected chi connectivity index (χ0v) is 12.2. The van der Waals surface area contributed by atoms with Crippen LogP contribution in [0.2, 0.25) is 0 Å². The molecule has 6 heteroatoms. The molecule has 0 spiro atoms. The number of likely N-dealkylation sites (tertiary alicyclic amines) is 1. The number of benzene rings is 1. The van der Waals surface area contributed by atoms with Gasteiger partial charge in [-0.2, -0.15) is 0 Å². The number of carbonyl (C=O) groups is 1. The molecule has 20 heavy (non-hydrogen) atoms. The molecule has 1 amide bonds. The molecular formula is C14H20ClFN2O2. The van der Waals surface area contributed by atoms with Crippen molar-refractivity contribution in [2.75, 3.05) is 19.7 Å². The quantitative estimate of drug-likeness (QED) is 0.923. The second kappa shape index (κ2) is 7.45. The molecule has 0 saturated carbocycles. The lowest BCUT2D eigenvalue weighted by atomic mass is 10.1. The van der Waals surface area contributed by atoms with E-state index in [0.29, 0.717) is 24.8 Å². The summed E-state index contributed by atoms with van der Waals surface area (Å²) in [6.07, 6.45) is 0.943. The summed E-state index contributed by atoms with van der Waals surface area (Å²) in [4.78, 5) is 13.9. The minimum atomic E-state index is -0.322. The number of rotatable bonds is 4. The summed E-state index contributed by atoms with van der Waals surface area (Å²) in [5.74, 6) is 0.507. The van der Waals surface area contributed by atoms with Crippen molar-refractivity contribution in [1.29, 1.82) is 0 Å². The van der Waals surface area contributed by atoms with Crippen molar-refractivity contribution >= 4 is 18.3 Å². The van der Waals surface area contributed by atoms with Gasteiger partial charge in [0.25, 0.3) is 5.91 Å². The third-order valence-electron chi connectivity index (χ3n) is 3.49. The smallest absolute Gasteiger partial charge is 0.260 e. The van der Waals surface area contributed by atoms with Crippen LogP contribution in [0.5, 0.6) is 5.75 Å². The van der Waals surface area contributed by atoms with E-state index in [9.17, 15) is 9.18 Å². The predicted octanol–water partition coefficient (Wildman–Crippen LogP) is 1.82. The maximum Gasteiger partial charge on any atom is 0.260 e. The standard InChI is InChI=1S/C14H19FN2O2.ClH/c1-10-6-11(7-16)8-17(10)14(18)9-19-13-4-2-12(15)3-5-13;/h2-5,10-11H,6-9,16H2,1H3;1H. The highest BCUT2D eigenvalue weighted by Crippen LogP contribution is 2.22. The van der Waals surface area contributed by atoms with Gasteiger partial charge >= 0.3 is 0 Å². The molecule has 0 bridgehead atoms. The van der Waals surface area contributed by atoms with E-state index in [2.05, 4.69) is 0 Å². The molecule has 1 heterocycles. The first-order valence-electron chi connectivity index (χ1n) is 6.48. The van der Waals surface area contributed by atoms with Crippen molar-refractivity contribution < 1.29 is 13.9 Å². The molecule has 2 atom stereocenters. The molecule has 1 aromatic carbocycles. The minimum Gasteiger partial charge on any atom is -0.484 e. The van der Waals surface area contributed by atoms with E-state index in [-0.39, 0.29) is 36.8 Å². The largest absolute Gasteiger partial charge is 0.484 e. The Bertz CT molecular complexity index is 441. The van der Waals surface area contributed by atoms with Crippen molar-refractivity contribution in [1.82, 2.24) is 4.90 Å². The van der Waals surface area contributed by atoms with E-state index in [1.54, 1.807) is 4.90 Å². The van der Waals surface area contributed by atoms with Gasteiger partial charge in [0.1, 0.15) is 11.6 Å². The number of nitrogens with two attached hydrogens (primary N) is 1. The van der Waals surface area contributed by atoms with Gasteiger partial charge < -0.3 is 15.4 Å². The van der Waals surface area contributed by atoms with Crippen LogP contribution in [0.4, 0.5) is 4.39 Å². The molecule has 2 unspecified atom stereocenters. The Morgan fingerprint density at radius 3 is 2.65 bits per heavy atom. The zero-order valence-electron chi connectivity index (χ0n) is 11.4. The Morgan fingerprint density at radius 2 is 2.10 bits per heavy atom. The third kappa shape index (κ3) is 4.08. The number of hydrogen-bond acceptors (Lipinski definition) is 3. The Labute approximate surface area is 124 Å². The first kappa shape index (κ1) is 16.7. The van der Waals surface area contributed by atoms with E-state index in [4.69, 9.17) is 10.5 Å². The Morgan fingerprint density at radius 1 is 1.45 bits per heavy atom. The maximum absolute atomic E-state index is 12.7. The van der Waals surface area contributed by atoms with Crippen LogP contribution in [0, 0.1) is 11.7 Å². The van der Waals surface area contributed by atoms with Crippen LogP contribution in [0.1, 0.15) is 13.3 Å². The number of hydrogen-bond donors (Lipinski definition) is 1. The van der Waals surface area contributed by atoms with Crippen LogP contribution in [-0.4, -0.2) is 36.5 Å². The number of amides is 1. The first-order valence-corrected chi connectivity index (χ1v) is 6.48. The SMILES string of the molecule is CC1CC(CN)CN1C(=O)COc1ccc(F)cc1.Cl. The highest BCUT2D eigenvalue weighted by Gasteiger charge is 2.31. The molecule has 0 aliphatic carbocycles. The monoisotopic (exact) mass is 302 g/mol. The van der Waals surface area contributed by atoms with Crippen LogP contribution in [0.25, 0.3) is 0 Å². The number of nitrogens with zero attached hydrogens (tertiary/aromatic N) is 1. The molecule has 1 aromatic rings. The lowest BCUT2D eigenvalue weighted by Gasteiger charge is -2.21. The fourth-order valence-electron chi connectivity index (χ4n) is 2.42. The zero-order chi connectivity index (χ0) is 13.8. The van der Waals surface area contributed by atoms with Gasteiger partial charge in [-0.3, -0.25) is 4.79 Å². The maximum atomic E-state index is 12.7. The van der Waals surface area contributed by atoms with E-state index >= 15 is 0 Å². The van der Waals surface area contributed by atoms with E-state index in [1.165, 1.54) is 24.3 Å². The normalized spacial score (nSPS) is 21.4. The highest BCUT2D eigenvalue weighted by atomic mass is 35.5. The lowest BCUT2D eigenvalue weighted by molar-refractivity contribution is -0.134. The van der Waals surface area contributed by atoms with Gasteiger partial charge in [0, 0.05) is 12.6 Å². The van der Waals surface area contributed by atoms with Crippen LogP contribution < -0.4 is 10.5 Å². The van der Waals surface area contributed by atoms with E-state index < -0.39 is 0 Å². The Kier molecular flexibility index (Phi) is 6.23. The van der Waals surface area contributed by atoms with Crippen LogP contribution in [-0.2, 0) is 4.79 Å². The highest BCUT2D eigenvalue weighted by molar-refractivity contribution is 5.85. The van der Waals surface area contributed by atoms with Gasteiger partial charge in [0.05, 0.1) is 0 Å². The van der Waals surface area contributed by atoms with Gasteiger partial charge in [0.15, 0.2) is 6.61 Å². The second-order valence-corrected chi connectivity index (χ2v) is 4.98. The summed E-state index contributed by atoms with van der Waals surface area (Å²) in [5, 5.41) is 0. The Hall–Kier alpha value is -1.33. The second-order valence-electron chi connectivity index (χ2n) is 4.98. The van der Waals surface area contributed by atoms with Crippen LogP contribution >= 0.6 is 12.4 Å². The van der Waals surface area contributed by atoms with E-state index in [0.717, 1.165) is 6.42 Å². The number of carbonyl (C=O) groups excluding carboxylic acids is 1. The van der Waals surface area contributed by atoms with Gasteiger partial charge in [-0.05, 0) is 50.1 Å². The van der Waals surface area contributed by atoms with Crippen molar-refractivity contribution in [2.45, 2.75) is 19.4 Å². The van der Waals surface area contributed by atoms with Gasteiger partial charge in [-0.1, -0.05) is 0 Å². The van der Waals surface area contributed by atoms with Gasteiger partial charge in [-0.25, -0.2) is 4.39 Å². The van der Waals surface area contributed by atoms with Crippen molar-refractivity contribution in [3.8, 4) is 5.75 Å². The molecular weight excluding hydrogens is 283 g/mol. The van der Waals surface area contributed by atoms with Crippen molar-refractivity contribution in [3.63, 3.8) is 0 Å². The third-order valence-corrected chi connectivity index (χ3v) is 3.49. The van der Waals surface area contributed by atoms with Crippen LogP contribution in [0.3, 0.4) is 0 Å². The molecule has 2 rings (SSSR count). The molecule has 2 N–H and O–H groups in total. The summed E-state index contributed by atoms with van der Waals surface area (Å²) in [5.41, 5.74) is 5.63. The summed E-state index contributed by atoms with van der Waals surface area (Å²) in [6, 6.07) is 5.85. The minimum absolute atomic E-state index is 0. The molecule has 112 valence electrons. The van der Waals surface area contributed by atoms with Crippen LogP contribution in [0.15, 0.2) is 24.3 Å². The lowest BCUT2D eigenvalue weighted by Crippen LogP contribution is -2.37. The van der Waals surface area contributed by atoms with Gasteiger partial charge in [0.2, 0.25) is 0 Å². The first-order chi connectivity index (χ1) is 9.10. The molecule has 0 radical (unpaired) electrons. The summed E-state index contributed by atoms with van der Waals surface area (Å²) in [7, 11) is 0. The molecule has 1 aliphatic heterocycles. The Balaban J connectivity index is 0.00000200. The fourth-order valence-corrected chi connectivity index (χ4v) is 2.42.